The summed E-state index contributed by atoms with van der Waals surface area (Å²) in [4.78, 5) is 6.83. The second-order valence-electron chi connectivity index (χ2n) is 3.94. The van der Waals surface area contributed by atoms with E-state index < -0.39 is 10.0 Å². The summed E-state index contributed by atoms with van der Waals surface area (Å²) in [6.45, 7) is 10.0. The highest BCUT2D eigenvalue weighted by Crippen LogP contribution is 2.14. The molecule has 0 bridgehead atoms. The number of imidazole rings is 1. The van der Waals surface area contributed by atoms with E-state index in [4.69, 9.17) is 0 Å². The molecule has 96 valence electrons. The van der Waals surface area contributed by atoms with Gasteiger partial charge in [-0.05, 0) is 6.92 Å². The van der Waals surface area contributed by atoms with Gasteiger partial charge in [-0.25, -0.2) is 13.4 Å². The number of nitrogens with one attached hydrogen (secondary N) is 1. The van der Waals surface area contributed by atoms with Gasteiger partial charge in [0.1, 0.15) is 5.82 Å². The third kappa shape index (κ3) is 3.17. The van der Waals surface area contributed by atoms with Gasteiger partial charge in [0.2, 0.25) is 0 Å². The lowest BCUT2D eigenvalue weighted by atomic mass is 10.3. The molecule has 0 saturated carbocycles. The van der Waals surface area contributed by atoms with Crippen molar-refractivity contribution in [1.82, 2.24) is 14.3 Å². The van der Waals surface area contributed by atoms with E-state index in [9.17, 15) is 8.42 Å². The fourth-order valence-corrected chi connectivity index (χ4v) is 2.90. The van der Waals surface area contributed by atoms with E-state index in [1.54, 1.807) is 6.92 Å². The minimum atomic E-state index is -3.48. The first-order valence-electron chi connectivity index (χ1n) is 5.60. The Labute approximate surface area is 103 Å². The Morgan fingerprint density at radius 3 is 2.59 bits per heavy atom. The van der Waals surface area contributed by atoms with E-state index in [1.165, 1.54) is 10.5 Å². The Balaban J connectivity index is 3.03. The number of aromatic amines is 1. The Morgan fingerprint density at radius 2 is 2.18 bits per heavy atom. The summed E-state index contributed by atoms with van der Waals surface area (Å²) in [5.74, 6) is 0.676. The van der Waals surface area contributed by atoms with Gasteiger partial charge in [0.25, 0.3) is 10.0 Å². The second kappa shape index (κ2) is 5.46. The van der Waals surface area contributed by atoms with Crippen molar-refractivity contribution < 1.29 is 8.42 Å². The summed E-state index contributed by atoms with van der Waals surface area (Å²) in [6, 6.07) is 0. The van der Waals surface area contributed by atoms with E-state index >= 15 is 0 Å². The van der Waals surface area contributed by atoms with Crippen LogP contribution in [-0.2, 0) is 16.4 Å². The van der Waals surface area contributed by atoms with Crippen LogP contribution in [0.2, 0.25) is 0 Å². The topological polar surface area (TPSA) is 66.1 Å². The number of hydrogen-bond donors (Lipinski definition) is 1. The first kappa shape index (κ1) is 13.9. The molecule has 1 N–H and O–H groups in total. The van der Waals surface area contributed by atoms with Gasteiger partial charge in [0.15, 0.2) is 5.03 Å². The Kier molecular flexibility index (Phi) is 4.47. The van der Waals surface area contributed by atoms with Gasteiger partial charge in [-0.3, -0.25) is 0 Å². The number of rotatable bonds is 6. The van der Waals surface area contributed by atoms with Crippen molar-refractivity contribution in [2.75, 3.05) is 13.1 Å². The molecule has 0 radical (unpaired) electrons. The zero-order chi connectivity index (χ0) is 13.1. The number of H-pyrrole nitrogens is 1. The SMILES string of the molecule is C=C(C)CN(CC)S(=O)(=O)c1cnc(CC)[nH]1. The molecule has 0 aromatic carbocycles. The van der Waals surface area contributed by atoms with Crippen LogP contribution in [0.25, 0.3) is 0 Å². The van der Waals surface area contributed by atoms with Crippen molar-refractivity contribution in [2.45, 2.75) is 32.2 Å². The number of hydrogen-bond acceptors (Lipinski definition) is 3. The van der Waals surface area contributed by atoms with Crippen molar-refractivity contribution in [3.05, 3.63) is 24.2 Å². The summed E-state index contributed by atoms with van der Waals surface area (Å²) < 4.78 is 25.9. The van der Waals surface area contributed by atoms with Gasteiger partial charge in [-0.2, -0.15) is 4.31 Å². The van der Waals surface area contributed by atoms with Crippen molar-refractivity contribution in [3.63, 3.8) is 0 Å². The third-order valence-electron chi connectivity index (χ3n) is 2.36. The van der Waals surface area contributed by atoms with E-state index in [1.807, 2.05) is 13.8 Å². The van der Waals surface area contributed by atoms with Gasteiger partial charge < -0.3 is 4.98 Å². The highest BCUT2D eigenvalue weighted by molar-refractivity contribution is 7.89. The third-order valence-corrected chi connectivity index (χ3v) is 4.19. The monoisotopic (exact) mass is 257 g/mol. The molecule has 0 aliphatic rings. The van der Waals surface area contributed by atoms with Crippen LogP contribution >= 0.6 is 0 Å². The molecule has 1 aromatic rings. The van der Waals surface area contributed by atoms with Crippen LogP contribution in [0, 0.1) is 0 Å². The van der Waals surface area contributed by atoms with Crippen molar-refractivity contribution in [2.24, 2.45) is 0 Å². The van der Waals surface area contributed by atoms with Crippen LogP contribution in [0.1, 0.15) is 26.6 Å². The lowest BCUT2D eigenvalue weighted by Gasteiger charge is -2.19. The predicted molar refractivity (Wildman–Crippen MR) is 67.2 cm³/mol. The summed E-state index contributed by atoms with van der Waals surface area (Å²) in [5, 5.41) is 0.150. The number of aromatic nitrogens is 2. The largest absolute Gasteiger partial charge is 0.332 e. The molecule has 0 saturated heterocycles. The van der Waals surface area contributed by atoms with Gasteiger partial charge >= 0.3 is 0 Å². The molecule has 1 heterocycles. The molecule has 6 heteroatoms. The maximum atomic E-state index is 12.2. The molecule has 0 amide bonds. The molecule has 0 spiro atoms. The molecule has 5 nitrogen and oxygen atoms in total. The second-order valence-corrected chi connectivity index (χ2v) is 5.84. The first-order chi connectivity index (χ1) is 7.91. The maximum Gasteiger partial charge on any atom is 0.260 e. The number of sulfonamides is 1. The molecule has 17 heavy (non-hydrogen) atoms. The maximum absolute atomic E-state index is 12.2. The van der Waals surface area contributed by atoms with Crippen LogP contribution in [0.3, 0.4) is 0 Å². The zero-order valence-corrected chi connectivity index (χ0v) is 11.3. The molecule has 1 rings (SSSR count). The summed E-state index contributed by atoms with van der Waals surface area (Å²) >= 11 is 0. The van der Waals surface area contributed by atoms with Gasteiger partial charge in [0, 0.05) is 19.5 Å². The number of likely N-dealkylation sites (N-methyl/N-ethyl adjacent to an activating group) is 1. The fourth-order valence-electron chi connectivity index (χ4n) is 1.46. The molecule has 0 unspecified atom stereocenters. The summed E-state index contributed by atoms with van der Waals surface area (Å²) in [7, 11) is -3.48. The van der Waals surface area contributed by atoms with E-state index in [0.717, 1.165) is 5.57 Å². The van der Waals surface area contributed by atoms with Crippen molar-refractivity contribution in [3.8, 4) is 0 Å². The molecule has 0 aliphatic heterocycles. The molecule has 1 aromatic heterocycles. The molecule has 0 aliphatic carbocycles. The van der Waals surface area contributed by atoms with Crippen LogP contribution in [0.5, 0.6) is 0 Å². The smallest absolute Gasteiger partial charge is 0.260 e. The minimum absolute atomic E-state index is 0.150. The fraction of sp³-hybridized carbons (Fsp3) is 0.545. The molecular weight excluding hydrogens is 238 g/mol. The Morgan fingerprint density at radius 1 is 1.53 bits per heavy atom. The van der Waals surface area contributed by atoms with Crippen LogP contribution in [-0.4, -0.2) is 35.8 Å². The van der Waals surface area contributed by atoms with Crippen LogP contribution < -0.4 is 0 Å². The van der Waals surface area contributed by atoms with Gasteiger partial charge in [-0.15, -0.1) is 0 Å². The quantitative estimate of drug-likeness (QED) is 0.786. The Bertz CT molecular complexity index is 491. The number of aryl methyl sites for hydroxylation is 1. The molecular formula is C11H19N3O2S. The van der Waals surface area contributed by atoms with E-state index in [2.05, 4.69) is 16.5 Å². The highest BCUT2D eigenvalue weighted by Gasteiger charge is 2.24. The van der Waals surface area contributed by atoms with Crippen LogP contribution in [0.15, 0.2) is 23.4 Å². The zero-order valence-electron chi connectivity index (χ0n) is 10.5. The van der Waals surface area contributed by atoms with Gasteiger partial charge in [0.05, 0.1) is 6.20 Å². The molecule has 0 fully saturated rings. The van der Waals surface area contributed by atoms with Crippen molar-refractivity contribution >= 4 is 10.0 Å². The van der Waals surface area contributed by atoms with E-state index in [0.29, 0.717) is 25.3 Å². The van der Waals surface area contributed by atoms with E-state index in [-0.39, 0.29) is 5.03 Å². The molecule has 0 atom stereocenters. The normalized spacial score (nSPS) is 12.0. The average molecular weight is 257 g/mol. The summed E-state index contributed by atoms with van der Waals surface area (Å²) in [6.07, 6.45) is 2.05. The lowest BCUT2D eigenvalue weighted by molar-refractivity contribution is 0.450. The summed E-state index contributed by atoms with van der Waals surface area (Å²) in [5.41, 5.74) is 0.811. The highest BCUT2D eigenvalue weighted by atomic mass is 32.2. The number of nitrogens with zero attached hydrogens (tertiary/aromatic N) is 2. The predicted octanol–water partition coefficient (Wildman–Crippen LogP) is 1.56. The minimum Gasteiger partial charge on any atom is -0.332 e. The van der Waals surface area contributed by atoms with Crippen LogP contribution in [0.4, 0.5) is 0 Å². The average Bonchev–Trinajstić information content (AvgIpc) is 2.74. The lowest BCUT2D eigenvalue weighted by Crippen LogP contribution is -2.32. The Hall–Kier alpha value is -1.14. The van der Waals surface area contributed by atoms with Gasteiger partial charge in [-0.1, -0.05) is 26.0 Å². The standard InChI is InChI=1S/C11H19N3O2S/c1-5-10-12-7-11(13-10)17(15,16)14(6-2)8-9(3)4/h7H,3,5-6,8H2,1-2,4H3,(H,12,13). The first-order valence-corrected chi connectivity index (χ1v) is 7.04. The van der Waals surface area contributed by atoms with Crippen molar-refractivity contribution in [1.29, 1.82) is 0 Å².